The zero-order chi connectivity index (χ0) is 19.1. The largest absolute Gasteiger partial charge is 0.481 e. The number of nitrogens with zero attached hydrogens (tertiary/aromatic N) is 2. The first-order valence-corrected chi connectivity index (χ1v) is 9.06. The van der Waals surface area contributed by atoms with E-state index in [1.54, 1.807) is 31.3 Å². The molecular formula is C20H20N2O5. The first-order valence-electron chi connectivity index (χ1n) is 9.06. The number of fused-ring (bicyclic) bond motifs is 1. The number of aliphatic carboxylic acids is 1. The quantitative estimate of drug-likeness (QED) is 0.893. The second-order valence-corrected chi connectivity index (χ2v) is 7.12. The molecule has 27 heavy (non-hydrogen) atoms. The number of furan rings is 1. The Balaban J connectivity index is 1.67. The average molecular weight is 368 g/mol. The van der Waals surface area contributed by atoms with Gasteiger partial charge in [-0.3, -0.25) is 19.4 Å². The van der Waals surface area contributed by atoms with Gasteiger partial charge in [0.25, 0.3) is 5.91 Å². The number of aryl methyl sites for hydroxylation is 2. The summed E-state index contributed by atoms with van der Waals surface area (Å²) >= 11 is 0. The topological polar surface area (TPSA) is 101 Å². The van der Waals surface area contributed by atoms with Crippen LogP contribution in [0.3, 0.4) is 0 Å². The Morgan fingerprint density at radius 2 is 2.07 bits per heavy atom. The van der Waals surface area contributed by atoms with Crippen LogP contribution in [0.2, 0.25) is 0 Å². The zero-order valence-corrected chi connectivity index (χ0v) is 15.0. The molecule has 0 unspecified atom stereocenters. The van der Waals surface area contributed by atoms with Crippen molar-refractivity contribution in [2.24, 2.45) is 5.92 Å². The fourth-order valence-electron chi connectivity index (χ4n) is 4.14. The summed E-state index contributed by atoms with van der Waals surface area (Å²) in [5, 5.41) is 9.63. The van der Waals surface area contributed by atoms with E-state index in [1.165, 1.54) is 4.90 Å². The SMILES string of the molecule is Cc1oc2c(c1C(=O)N1C[C@H](C(=O)O)[C@@H](c3ccccn3)C1)C(=O)CCC2. The van der Waals surface area contributed by atoms with Gasteiger partial charge in [0.2, 0.25) is 0 Å². The molecule has 2 atom stereocenters. The minimum absolute atomic E-state index is 0.0771. The van der Waals surface area contributed by atoms with Gasteiger partial charge in [-0.2, -0.15) is 0 Å². The summed E-state index contributed by atoms with van der Waals surface area (Å²) in [5.74, 6) is -1.49. The molecule has 0 bridgehead atoms. The molecule has 1 aliphatic heterocycles. The molecule has 1 fully saturated rings. The Morgan fingerprint density at radius 1 is 1.26 bits per heavy atom. The van der Waals surface area contributed by atoms with Gasteiger partial charge < -0.3 is 14.4 Å². The summed E-state index contributed by atoms with van der Waals surface area (Å²) in [7, 11) is 0. The molecule has 7 heteroatoms. The first kappa shape index (κ1) is 17.5. The maximum absolute atomic E-state index is 13.2. The van der Waals surface area contributed by atoms with Crippen LogP contribution in [0.5, 0.6) is 0 Å². The van der Waals surface area contributed by atoms with Crippen LogP contribution in [0.25, 0.3) is 0 Å². The lowest BCUT2D eigenvalue weighted by Crippen LogP contribution is -2.31. The number of pyridine rings is 1. The summed E-state index contributed by atoms with van der Waals surface area (Å²) in [5.41, 5.74) is 1.33. The lowest BCUT2D eigenvalue weighted by molar-refractivity contribution is -0.141. The molecule has 1 saturated heterocycles. The molecule has 3 heterocycles. The molecule has 0 saturated carbocycles. The Kier molecular flexibility index (Phi) is 4.30. The Morgan fingerprint density at radius 3 is 2.78 bits per heavy atom. The summed E-state index contributed by atoms with van der Waals surface area (Å²) in [6.45, 7) is 2.02. The fraction of sp³-hybridized carbons (Fsp3) is 0.400. The van der Waals surface area contributed by atoms with Gasteiger partial charge in [0.1, 0.15) is 11.5 Å². The van der Waals surface area contributed by atoms with E-state index >= 15 is 0 Å². The van der Waals surface area contributed by atoms with E-state index < -0.39 is 11.9 Å². The minimum Gasteiger partial charge on any atom is -0.481 e. The molecule has 2 aromatic heterocycles. The summed E-state index contributed by atoms with van der Waals surface area (Å²) in [4.78, 5) is 43.1. The number of carboxylic acids is 1. The predicted octanol–water partition coefficient (Wildman–Crippen LogP) is 2.44. The summed E-state index contributed by atoms with van der Waals surface area (Å²) < 4.78 is 5.68. The van der Waals surface area contributed by atoms with E-state index in [1.807, 2.05) is 0 Å². The average Bonchev–Trinajstić information content (AvgIpc) is 3.24. The third-order valence-electron chi connectivity index (χ3n) is 5.45. The molecule has 140 valence electrons. The number of aromatic nitrogens is 1. The van der Waals surface area contributed by atoms with E-state index in [2.05, 4.69) is 4.98 Å². The number of carboxylic acid groups (broad SMARTS) is 1. The van der Waals surface area contributed by atoms with Crippen molar-refractivity contribution >= 4 is 17.7 Å². The number of rotatable bonds is 3. The van der Waals surface area contributed by atoms with Gasteiger partial charge in [0, 0.05) is 43.7 Å². The van der Waals surface area contributed by atoms with E-state index in [0.29, 0.717) is 41.2 Å². The lowest BCUT2D eigenvalue weighted by atomic mass is 9.92. The van der Waals surface area contributed by atoms with Gasteiger partial charge >= 0.3 is 5.97 Å². The molecule has 1 N–H and O–H groups in total. The van der Waals surface area contributed by atoms with Crippen molar-refractivity contribution in [3.8, 4) is 0 Å². The maximum Gasteiger partial charge on any atom is 0.309 e. The van der Waals surface area contributed by atoms with Crippen molar-refractivity contribution in [1.29, 1.82) is 0 Å². The van der Waals surface area contributed by atoms with Crippen LogP contribution in [0.1, 0.15) is 56.7 Å². The minimum atomic E-state index is -0.956. The smallest absolute Gasteiger partial charge is 0.309 e. The van der Waals surface area contributed by atoms with Crippen LogP contribution in [-0.2, 0) is 11.2 Å². The van der Waals surface area contributed by atoms with Crippen molar-refractivity contribution < 1.29 is 23.9 Å². The second-order valence-electron chi connectivity index (χ2n) is 7.12. The van der Waals surface area contributed by atoms with Gasteiger partial charge in [0.05, 0.1) is 17.0 Å². The molecular weight excluding hydrogens is 348 g/mol. The Labute approximate surface area is 156 Å². The Bertz CT molecular complexity index is 918. The van der Waals surface area contributed by atoms with E-state index in [4.69, 9.17) is 4.42 Å². The molecule has 1 aliphatic carbocycles. The van der Waals surface area contributed by atoms with Crippen molar-refractivity contribution in [3.63, 3.8) is 0 Å². The normalized spacial score (nSPS) is 22.0. The number of Topliss-reactive ketones (excluding diaryl/α,β-unsaturated/α-hetero) is 1. The van der Waals surface area contributed by atoms with E-state index in [-0.39, 0.29) is 30.7 Å². The third-order valence-corrected chi connectivity index (χ3v) is 5.45. The first-order chi connectivity index (χ1) is 13.0. The second kappa shape index (κ2) is 6.64. The number of likely N-dealkylation sites (tertiary alicyclic amines) is 1. The van der Waals surface area contributed by atoms with Crippen LogP contribution < -0.4 is 0 Å². The van der Waals surface area contributed by atoms with Gasteiger partial charge in [0.15, 0.2) is 5.78 Å². The van der Waals surface area contributed by atoms with Gasteiger partial charge in [-0.25, -0.2) is 0 Å². The maximum atomic E-state index is 13.2. The van der Waals surface area contributed by atoms with Gasteiger partial charge in [-0.05, 0) is 25.5 Å². The van der Waals surface area contributed by atoms with Crippen LogP contribution in [-0.4, -0.2) is 45.7 Å². The number of ketones is 1. The highest BCUT2D eigenvalue weighted by Gasteiger charge is 2.43. The highest BCUT2D eigenvalue weighted by atomic mass is 16.4. The number of hydrogen-bond donors (Lipinski definition) is 1. The fourth-order valence-corrected chi connectivity index (χ4v) is 4.14. The summed E-state index contributed by atoms with van der Waals surface area (Å²) in [6.07, 6.45) is 3.39. The van der Waals surface area contributed by atoms with Crippen molar-refractivity contribution in [1.82, 2.24) is 9.88 Å². The number of amides is 1. The zero-order valence-electron chi connectivity index (χ0n) is 15.0. The van der Waals surface area contributed by atoms with Crippen molar-refractivity contribution in [3.05, 3.63) is 52.7 Å². The molecule has 7 nitrogen and oxygen atoms in total. The van der Waals surface area contributed by atoms with Crippen molar-refractivity contribution in [2.45, 2.75) is 32.1 Å². The molecule has 2 aliphatic rings. The van der Waals surface area contributed by atoms with Gasteiger partial charge in [-0.1, -0.05) is 6.07 Å². The number of carbonyl (C=O) groups excluding carboxylic acids is 2. The van der Waals surface area contributed by atoms with Crippen molar-refractivity contribution in [2.75, 3.05) is 13.1 Å². The molecule has 4 rings (SSSR count). The third kappa shape index (κ3) is 2.93. The molecule has 0 radical (unpaired) electrons. The lowest BCUT2D eigenvalue weighted by Gasteiger charge is -2.17. The monoisotopic (exact) mass is 368 g/mol. The van der Waals surface area contributed by atoms with Crippen LogP contribution in [0.15, 0.2) is 28.8 Å². The molecule has 0 aromatic carbocycles. The highest BCUT2D eigenvalue weighted by Crippen LogP contribution is 2.35. The molecule has 1 amide bonds. The summed E-state index contributed by atoms with van der Waals surface area (Å²) in [6, 6.07) is 5.36. The number of hydrogen-bond acceptors (Lipinski definition) is 5. The standard InChI is InChI=1S/C20H20N2O5/c1-11-17(18-15(23)6-4-7-16(18)27-11)19(24)22-9-12(13(10-22)20(25)26)14-5-2-3-8-21-14/h2-3,5,8,12-13H,4,6-7,9-10H2,1H3,(H,25,26)/t12-,13-/m0/s1. The number of carbonyl (C=O) groups is 3. The van der Waals surface area contributed by atoms with Gasteiger partial charge in [-0.15, -0.1) is 0 Å². The highest BCUT2D eigenvalue weighted by molar-refractivity contribution is 6.10. The van der Waals surface area contributed by atoms with Crippen LogP contribution in [0, 0.1) is 12.8 Å². The Hall–Kier alpha value is -2.96. The van der Waals surface area contributed by atoms with Crippen LogP contribution in [0.4, 0.5) is 0 Å². The predicted molar refractivity (Wildman–Crippen MR) is 94.7 cm³/mol. The van der Waals surface area contributed by atoms with Crippen LogP contribution >= 0.6 is 0 Å². The van der Waals surface area contributed by atoms with E-state index in [0.717, 1.165) is 6.42 Å². The van der Waals surface area contributed by atoms with E-state index in [9.17, 15) is 19.5 Å². The molecule has 2 aromatic rings. The molecule has 0 spiro atoms.